The minimum Gasteiger partial charge on any atom is -0.340 e. The van der Waals surface area contributed by atoms with Crippen LogP contribution < -0.4 is 5.32 Å². The zero-order valence-corrected chi connectivity index (χ0v) is 13.9. The van der Waals surface area contributed by atoms with E-state index in [0.717, 1.165) is 0 Å². The highest BCUT2D eigenvalue weighted by Crippen LogP contribution is 2.36. The minimum atomic E-state index is -3.14. The summed E-state index contributed by atoms with van der Waals surface area (Å²) in [6.07, 6.45) is 1.39. The summed E-state index contributed by atoms with van der Waals surface area (Å²) in [6.45, 7) is 7.17. The van der Waals surface area contributed by atoms with Gasteiger partial charge in [-0.2, -0.15) is 0 Å². The van der Waals surface area contributed by atoms with E-state index in [1.165, 1.54) is 4.90 Å². The van der Waals surface area contributed by atoms with Crippen molar-refractivity contribution in [1.29, 1.82) is 0 Å². The lowest BCUT2D eigenvalue weighted by atomic mass is 9.83. The van der Waals surface area contributed by atoms with Crippen LogP contribution in [-0.2, 0) is 19.4 Å². The van der Waals surface area contributed by atoms with Crippen LogP contribution in [0.25, 0.3) is 0 Å². The lowest BCUT2D eigenvalue weighted by molar-refractivity contribution is -0.161. The largest absolute Gasteiger partial charge is 0.340 e. The van der Waals surface area contributed by atoms with Crippen LogP contribution in [0.5, 0.6) is 0 Å². The van der Waals surface area contributed by atoms with Crippen LogP contribution in [0, 0.1) is 0 Å². The Morgan fingerprint density at radius 3 is 2.29 bits per heavy atom. The molecule has 2 atom stereocenters. The Bertz CT molecular complexity index is 568. The van der Waals surface area contributed by atoms with Crippen LogP contribution in [0.1, 0.15) is 47.0 Å². The van der Waals surface area contributed by atoms with Crippen LogP contribution in [0.2, 0.25) is 0 Å². The van der Waals surface area contributed by atoms with Crippen molar-refractivity contribution in [2.45, 2.75) is 64.1 Å². The highest BCUT2D eigenvalue weighted by atomic mass is 32.2. The summed E-state index contributed by atoms with van der Waals surface area (Å²) in [5.41, 5.74) is -1.69. The number of hydrogen-bond acceptors (Lipinski definition) is 4. The first-order valence-corrected chi connectivity index (χ1v) is 9.29. The zero-order valence-electron chi connectivity index (χ0n) is 13.1. The molecule has 0 aromatic rings. The van der Waals surface area contributed by atoms with Crippen molar-refractivity contribution in [3.8, 4) is 0 Å². The van der Waals surface area contributed by atoms with Gasteiger partial charge >= 0.3 is 0 Å². The molecule has 0 aromatic heterocycles. The molecule has 2 rings (SSSR count). The molecule has 120 valence electrons. The third-order valence-corrected chi connectivity index (χ3v) is 6.92. The van der Waals surface area contributed by atoms with Crippen LogP contribution in [0.15, 0.2) is 0 Å². The highest BCUT2D eigenvalue weighted by molar-refractivity contribution is 7.91. The molecular weight excluding hydrogens is 292 g/mol. The fourth-order valence-corrected chi connectivity index (χ4v) is 5.67. The highest BCUT2D eigenvalue weighted by Gasteiger charge is 2.55. The van der Waals surface area contributed by atoms with E-state index in [1.807, 2.05) is 13.8 Å². The molecule has 2 saturated heterocycles. The Hall–Kier alpha value is -1.11. The SMILES string of the molecule is CCC1(CC)NC(=O)C(C)N(C2(C)CCS(=O)(=O)C2)C1=O. The van der Waals surface area contributed by atoms with Crippen LogP contribution in [-0.4, -0.2) is 53.8 Å². The molecule has 2 aliphatic rings. The quantitative estimate of drug-likeness (QED) is 0.820. The number of hydrogen-bond donors (Lipinski definition) is 1. The van der Waals surface area contributed by atoms with E-state index in [4.69, 9.17) is 0 Å². The van der Waals surface area contributed by atoms with E-state index in [1.54, 1.807) is 13.8 Å². The van der Waals surface area contributed by atoms with Gasteiger partial charge in [-0.3, -0.25) is 9.59 Å². The maximum absolute atomic E-state index is 13.0. The molecule has 1 N–H and O–H groups in total. The molecule has 0 bridgehead atoms. The first kappa shape index (κ1) is 16.3. The van der Waals surface area contributed by atoms with Crippen LogP contribution in [0.3, 0.4) is 0 Å². The van der Waals surface area contributed by atoms with Gasteiger partial charge in [0.2, 0.25) is 11.8 Å². The summed E-state index contributed by atoms with van der Waals surface area (Å²) in [7, 11) is -3.14. The summed E-state index contributed by atoms with van der Waals surface area (Å²) >= 11 is 0. The van der Waals surface area contributed by atoms with Gasteiger partial charge in [-0.05, 0) is 33.1 Å². The normalized spacial score (nSPS) is 34.9. The van der Waals surface area contributed by atoms with E-state index in [9.17, 15) is 18.0 Å². The van der Waals surface area contributed by atoms with E-state index in [0.29, 0.717) is 19.3 Å². The lowest BCUT2D eigenvalue weighted by Gasteiger charge is -2.50. The van der Waals surface area contributed by atoms with Crippen LogP contribution in [0.4, 0.5) is 0 Å². The van der Waals surface area contributed by atoms with Crippen molar-refractivity contribution in [2.24, 2.45) is 0 Å². The van der Waals surface area contributed by atoms with E-state index in [-0.39, 0.29) is 23.3 Å². The first-order chi connectivity index (χ1) is 9.61. The number of nitrogens with zero attached hydrogens (tertiary/aromatic N) is 1. The standard InChI is InChI=1S/C14H24N2O4S/c1-5-14(6-2)12(18)16(10(3)11(17)15-14)13(4)7-8-21(19,20)9-13/h10H,5-9H2,1-4H3,(H,15,17). The van der Waals surface area contributed by atoms with Gasteiger partial charge in [0.15, 0.2) is 9.84 Å². The summed E-state index contributed by atoms with van der Waals surface area (Å²) in [4.78, 5) is 26.8. The smallest absolute Gasteiger partial charge is 0.249 e. The monoisotopic (exact) mass is 316 g/mol. The van der Waals surface area contributed by atoms with Crippen molar-refractivity contribution >= 4 is 21.7 Å². The van der Waals surface area contributed by atoms with E-state index in [2.05, 4.69) is 5.32 Å². The minimum absolute atomic E-state index is 0.0626. The fraction of sp³-hybridized carbons (Fsp3) is 0.857. The number of nitrogens with one attached hydrogen (secondary N) is 1. The predicted molar refractivity (Wildman–Crippen MR) is 79.4 cm³/mol. The number of rotatable bonds is 3. The van der Waals surface area contributed by atoms with Gasteiger partial charge < -0.3 is 10.2 Å². The topological polar surface area (TPSA) is 83.6 Å². The number of carbonyl (C=O) groups excluding carboxylic acids is 2. The molecule has 6 nitrogen and oxygen atoms in total. The van der Waals surface area contributed by atoms with Gasteiger partial charge in [0.05, 0.1) is 17.0 Å². The molecule has 2 heterocycles. The van der Waals surface area contributed by atoms with Gasteiger partial charge in [0, 0.05) is 0 Å². The average molecular weight is 316 g/mol. The molecule has 2 amide bonds. The predicted octanol–water partition coefficient (Wildman–Crippen LogP) is 0.469. The number of sulfone groups is 1. The first-order valence-electron chi connectivity index (χ1n) is 7.47. The molecule has 2 aliphatic heterocycles. The molecule has 0 spiro atoms. The average Bonchev–Trinajstić information content (AvgIpc) is 2.69. The molecule has 0 aromatic carbocycles. The van der Waals surface area contributed by atoms with Crippen LogP contribution >= 0.6 is 0 Å². The Kier molecular flexibility index (Phi) is 3.85. The molecule has 2 unspecified atom stereocenters. The lowest BCUT2D eigenvalue weighted by Crippen LogP contribution is -2.73. The van der Waals surface area contributed by atoms with Gasteiger partial charge in [-0.25, -0.2) is 8.42 Å². The second-order valence-corrected chi connectivity index (χ2v) is 8.65. The Morgan fingerprint density at radius 1 is 1.29 bits per heavy atom. The molecule has 21 heavy (non-hydrogen) atoms. The molecule has 0 saturated carbocycles. The van der Waals surface area contributed by atoms with Crippen molar-refractivity contribution in [3.05, 3.63) is 0 Å². The maximum atomic E-state index is 13.0. The third-order valence-electron chi connectivity index (χ3n) is 5.03. The van der Waals surface area contributed by atoms with E-state index >= 15 is 0 Å². The summed E-state index contributed by atoms with van der Waals surface area (Å²) < 4.78 is 23.7. The van der Waals surface area contributed by atoms with Crippen molar-refractivity contribution < 1.29 is 18.0 Å². The summed E-state index contributed by atoms with van der Waals surface area (Å²) in [5.74, 6) is -0.345. The summed E-state index contributed by atoms with van der Waals surface area (Å²) in [6, 6.07) is -0.637. The molecule has 2 fully saturated rings. The Morgan fingerprint density at radius 2 is 1.86 bits per heavy atom. The van der Waals surface area contributed by atoms with E-state index < -0.39 is 27.0 Å². The Labute approximate surface area is 126 Å². The van der Waals surface area contributed by atoms with Gasteiger partial charge in [0.1, 0.15) is 11.6 Å². The third kappa shape index (κ3) is 2.45. The van der Waals surface area contributed by atoms with Gasteiger partial charge in [-0.15, -0.1) is 0 Å². The molecule has 0 radical (unpaired) electrons. The zero-order chi connectivity index (χ0) is 16.1. The van der Waals surface area contributed by atoms with Crippen molar-refractivity contribution in [3.63, 3.8) is 0 Å². The second-order valence-electron chi connectivity index (χ2n) is 6.47. The number of amides is 2. The fourth-order valence-electron chi connectivity index (χ4n) is 3.54. The Balaban J connectivity index is 2.45. The van der Waals surface area contributed by atoms with Crippen molar-refractivity contribution in [1.82, 2.24) is 10.2 Å². The molecule has 0 aliphatic carbocycles. The second kappa shape index (κ2) is 4.97. The molecular formula is C14H24N2O4S. The number of carbonyl (C=O) groups is 2. The molecule has 7 heteroatoms. The summed E-state index contributed by atoms with van der Waals surface area (Å²) in [5, 5.41) is 2.84. The van der Waals surface area contributed by atoms with Gasteiger partial charge in [-0.1, -0.05) is 13.8 Å². The van der Waals surface area contributed by atoms with Crippen molar-refractivity contribution in [2.75, 3.05) is 11.5 Å². The van der Waals surface area contributed by atoms with Gasteiger partial charge in [0.25, 0.3) is 0 Å². The maximum Gasteiger partial charge on any atom is 0.249 e. The number of piperazine rings is 1.